The summed E-state index contributed by atoms with van der Waals surface area (Å²) in [7, 11) is 0. The predicted octanol–water partition coefficient (Wildman–Crippen LogP) is 3.25. The molecule has 1 saturated heterocycles. The number of aliphatic imine (C=N–C) groups is 1. The van der Waals surface area contributed by atoms with Gasteiger partial charge in [0.05, 0.1) is 6.54 Å². The lowest BCUT2D eigenvalue weighted by atomic mass is 9.99. The number of hydrogen-bond acceptors (Lipinski definition) is 4. The van der Waals surface area contributed by atoms with E-state index in [1.54, 1.807) is 0 Å². The number of likely N-dealkylation sites (tertiary alicyclic amines) is 1. The third kappa shape index (κ3) is 8.84. The van der Waals surface area contributed by atoms with Crippen molar-refractivity contribution < 1.29 is 9.53 Å². The van der Waals surface area contributed by atoms with E-state index in [1.807, 2.05) is 18.2 Å². The van der Waals surface area contributed by atoms with Crippen molar-refractivity contribution in [1.29, 1.82) is 0 Å². The van der Waals surface area contributed by atoms with Gasteiger partial charge in [-0.15, -0.1) is 24.0 Å². The topological polar surface area (TPSA) is 78.0 Å². The first-order chi connectivity index (χ1) is 14.6. The van der Waals surface area contributed by atoms with Gasteiger partial charge in [0.15, 0.2) is 5.96 Å². The maximum absolute atomic E-state index is 11.5. The van der Waals surface area contributed by atoms with Crippen molar-refractivity contribution in [3.8, 4) is 5.75 Å². The first kappa shape index (κ1) is 25.7. The molecule has 3 rings (SSSR count). The molecule has 0 atom stereocenters. The molecule has 8 heteroatoms. The monoisotopic (exact) mass is 543 g/mol. The van der Waals surface area contributed by atoms with Gasteiger partial charge in [-0.2, -0.15) is 0 Å². The number of hydrogen-bond donors (Lipinski definition) is 3. The zero-order valence-electron chi connectivity index (χ0n) is 18.9. The number of carbonyl (C=O) groups excluding carboxylic acids is 1. The van der Waals surface area contributed by atoms with Crippen molar-refractivity contribution in [3.63, 3.8) is 0 Å². The number of halogens is 1. The van der Waals surface area contributed by atoms with Gasteiger partial charge < -0.3 is 25.6 Å². The number of benzene rings is 1. The highest BCUT2D eigenvalue weighted by Crippen LogP contribution is 2.26. The fourth-order valence-electron chi connectivity index (χ4n) is 3.90. The Hall–Kier alpha value is -1.55. The largest absolute Gasteiger partial charge is 0.492 e. The molecule has 0 radical (unpaired) electrons. The Morgan fingerprint density at radius 1 is 1.26 bits per heavy atom. The molecule has 2 heterocycles. The average molecular weight is 543 g/mol. The zero-order valence-corrected chi connectivity index (χ0v) is 21.2. The zero-order chi connectivity index (χ0) is 21.2. The first-order valence-electron chi connectivity index (χ1n) is 11.4. The molecule has 31 heavy (non-hydrogen) atoms. The molecule has 174 valence electrons. The summed E-state index contributed by atoms with van der Waals surface area (Å²) in [5.41, 5.74) is 2.04. The standard InChI is InChI=1S/C23H37N5O2.HI/c1-3-24-23(25-11-4-13-28-14-9-18(2)10-15-28)26-12-16-30-20-6-7-21-19(17-20)5-8-22(29)27-21;/h6-7,17-18H,3-5,8-16H2,1-2H3,(H,27,29)(H2,24,25,26);1H. The number of carbonyl (C=O) groups is 1. The normalized spacial score (nSPS) is 17.4. The number of guanidine groups is 1. The van der Waals surface area contributed by atoms with Crippen LogP contribution in [0, 0.1) is 5.92 Å². The van der Waals surface area contributed by atoms with E-state index in [1.165, 1.54) is 25.9 Å². The predicted molar refractivity (Wildman–Crippen MR) is 138 cm³/mol. The molecule has 0 aliphatic carbocycles. The minimum absolute atomic E-state index is 0. The number of piperidine rings is 1. The number of rotatable bonds is 9. The fraction of sp³-hybridized carbons (Fsp3) is 0.652. The number of nitrogens with zero attached hydrogens (tertiary/aromatic N) is 2. The van der Waals surface area contributed by atoms with E-state index >= 15 is 0 Å². The van der Waals surface area contributed by atoms with Crippen LogP contribution in [0.4, 0.5) is 5.69 Å². The SMILES string of the molecule is CCNC(=NCCCN1CCC(C)CC1)NCCOc1ccc2c(c1)CCC(=O)N2.I. The number of amides is 1. The number of aryl methyl sites for hydroxylation is 1. The molecule has 0 unspecified atom stereocenters. The lowest BCUT2D eigenvalue weighted by molar-refractivity contribution is -0.116. The summed E-state index contributed by atoms with van der Waals surface area (Å²) in [5, 5.41) is 9.54. The summed E-state index contributed by atoms with van der Waals surface area (Å²) < 4.78 is 5.88. The van der Waals surface area contributed by atoms with E-state index < -0.39 is 0 Å². The van der Waals surface area contributed by atoms with Crippen molar-refractivity contribution in [3.05, 3.63) is 23.8 Å². The summed E-state index contributed by atoms with van der Waals surface area (Å²) in [6.45, 7) is 10.9. The highest BCUT2D eigenvalue weighted by molar-refractivity contribution is 14.0. The molecule has 7 nitrogen and oxygen atoms in total. The van der Waals surface area contributed by atoms with Crippen molar-refractivity contribution in [2.24, 2.45) is 10.9 Å². The van der Waals surface area contributed by atoms with Crippen molar-refractivity contribution in [2.45, 2.75) is 46.0 Å². The van der Waals surface area contributed by atoms with Gasteiger partial charge in [0.1, 0.15) is 12.4 Å². The van der Waals surface area contributed by atoms with Gasteiger partial charge in [0, 0.05) is 25.2 Å². The van der Waals surface area contributed by atoms with E-state index in [-0.39, 0.29) is 29.9 Å². The molecule has 1 fully saturated rings. The van der Waals surface area contributed by atoms with Gasteiger partial charge in [0.25, 0.3) is 0 Å². The van der Waals surface area contributed by atoms with Crippen LogP contribution in [0.2, 0.25) is 0 Å². The molecule has 2 aliphatic rings. The Labute approximate surface area is 203 Å². The van der Waals surface area contributed by atoms with Gasteiger partial charge >= 0.3 is 0 Å². The maximum Gasteiger partial charge on any atom is 0.224 e. The second kappa shape index (κ2) is 13.8. The highest BCUT2D eigenvalue weighted by Gasteiger charge is 2.15. The third-order valence-electron chi connectivity index (χ3n) is 5.76. The molecule has 1 amide bonds. The lowest BCUT2D eigenvalue weighted by Gasteiger charge is -2.29. The van der Waals surface area contributed by atoms with Crippen molar-refractivity contribution in [1.82, 2.24) is 15.5 Å². The van der Waals surface area contributed by atoms with Gasteiger partial charge in [-0.3, -0.25) is 9.79 Å². The van der Waals surface area contributed by atoms with Crippen LogP contribution in [-0.2, 0) is 11.2 Å². The molecular weight excluding hydrogens is 505 g/mol. The molecule has 1 aromatic carbocycles. The van der Waals surface area contributed by atoms with Crippen LogP contribution in [0.15, 0.2) is 23.2 Å². The number of anilines is 1. The molecule has 1 aromatic rings. The van der Waals surface area contributed by atoms with E-state index in [4.69, 9.17) is 9.73 Å². The van der Waals surface area contributed by atoms with E-state index in [9.17, 15) is 4.79 Å². The first-order valence-corrected chi connectivity index (χ1v) is 11.4. The van der Waals surface area contributed by atoms with Gasteiger partial charge in [-0.05, 0) is 81.9 Å². The number of nitrogens with one attached hydrogen (secondary N) is 3. The summed E-state index contributed by atoms with van der Waals surface area (Å²) >= 11 is 0. The lowest BCUT2D eigenvalue weighted by Crippen LogP contribution is -2.39. The molecule has 2 aliphatic heterocycles. The average Bonchev–Trinajstić information content (AvgIpc) is 2.75. The van der Waals surface area contributed by atoms with E-state index in [0.29, 0.717) is 19.6 Å². The second-order valence-electron chi connectivity index (χ2n) is 8.28. The van der Waals surface area contributed by atoms with Crippen LogP contribution in [0.1, 0.15) is 45.1 Å². The summed E-state index contributed by atoms with van der Waals surface area (Å²) in [5.74, 6) is 2.65. The van der Waals surface area contributed by atoms with Crippen LogP contribution in [0.3, 0.4) is 0 Å². The Bertz CT molecular complexity index is 720. The second-order valence-corrected chi connectivity index (χ2v) is 8.28. The van der Waals surface area contributed by atoms with E-state index in [2.05, 4.69) is 34.7 Å². The molecule has 0 saturated carbocycles. The minimum Gasteiger partial charge on any atom is -0.492 e. The Morgan fingerprint density at radius 3 is 2.84 bits per heavy atom. The van der Waals surface area contributed by atoms with Gasteiger partial charge in [-0.1, -0.05) is 6.92 Å². The Kier molecular flexibility index (Phi) is 11.4. The van der Waals surface area contributed by atoms with Crippen molar-refractivity contribution >= 4 is 41.5 Å². The quantitative estimate of drug-likeness (QED) is 0.193. The van der Waals surface area contributed by atoms with Crippen LogP contribution in [-0.4, -0.2) is 62.6 Å². The minimum atomic E-state index is 0. The summed E-state index contributed by atoms with van der Waals surface area (Å²) in [6.07, 6.45) is 5.05. The molecular formula is C23H38IN5O2. The Morgan fingerprint density at radius 2 is 2.06 bits per heavy atom. The number of fused-ring (bicyclic) bond motifs is 1. The Balaban J connectivity index is 0.00000341. The van der Waals surface area contributed by atoms with Gasteiger partial charge in [-0.25, -0.2) is 0 Å². The van der Waals surface area contributed by atoms with Crippen LogP contribution in [0.25, 0.3) is 0 Å². The van der Waals surface area contributed by atoms with E-state index in [0.717, 1.165) is 61.4 Å². The maximum atomic E-state index is 11.5. The van der Waals surface area contributed by atoms with Crippen LogP contribution < -0.4 is 20.7 Å². The van der Waals surface area contributed by atoms with Crippen molar-refractivity contribution in [2.75, 3.05) is 51.2 Å². The number of ether oxygens (including phenoxy) is 1. The highest BCUT2D eigenvalue weighted by atomic mass is 127. The van der Waals surface area contributed by atoms with Gasteiger partial charge in [0.2, 0.25) is 5.91 Å². The van der Waals surface area contributed by atoms with Crippen LogP contribution in [0.5, 0.6) is 5.75 Å². The fourth-order valence-corrected chi connectivity index (χ4v) is 3.90. The molecule has 0 aromatic heterocycles. The summed E-state index contributed by atoms with van der Waals surface area (Å²) in [6, 6.07) is 5.85. The summed E-state index contributed by atoms with van der Waals surface area (Å²) in [4.78, 5) is 18.7. The van der Waals surface area contributed by atoms with Crippen LogP contribution >= 0.6 is 24.0 Å². The molecule has 0 bridgehead atoms. The molecule has 3 N–H and O–H groups in total. The molecule has 0 spiro atoms. The smallest absolute Gasteiger partial charge is 0.224 e. The third-order valence-corrected chi connectivity index (χ3v) is 5.76.